The second-order valence-corrected chi connectivity index (χ2v) is 3.72. The predicted octanol–water partition coefficient (Wildman–Crippen LogP) is 1.32. The maximum absolute atomic E-state index is 11.1. The van der Waals surface area contributed by atoms with E-state index in [1.165, 1.54) is 6.21 Å². The first kappa shape index (κ1) is 10.8. The standard InChI is InChI=1S/C12H13NO3/c14-12(15)11(6-13-10-7-16-8-10)9-4-2-1-3-5-9/h1-6,10-11H,7-8H2,(H,14,15). The third-order valence-corrected chi connectivity index (χ3v) is 2.49. The van der Waals surface area contributed by atoms with Crippen molar-refractivity contribution in [2.45, 2.75) is 12.0 Å². The van der Waals surface area contributed by atoms with Crippen LogP contribution in [0.3, 0.4) is 0 Å². The molecule has 0 aromatic heterocycles. The molecule has 0 spiro atoms. The van der Waals surface area contributed by atoms with Gasteiger partial charge in [0, 0.05) is 6.21 Å². The second kappa shape index (κ2) is 4.90. The zero-order valence-electron chi connectivity index (χ0n) is 8.74. The summed E-state index contributed by atoms with van der Waals surface area (Å²) in [5.74, 6) is -1.54. The molecule has 1 N–H and O–H groups in total. The van der Waals surface area contributed by atoms with Gasteiger partial charge in [-0.25, -0.2) is 0 Å². The average molecular weight is 219 g/mol. The average Bonchev–Trinajstić information content (AvgIpc) is 2.22. The van der Waals surface area contributed by atoms with Gasteiger partial charge in [-0.3, -0.25) is 9.79 Å². The Morgan fingerprint density at radius 3 is 2.62 bits per heavy atom. The molecule has 4 heteroatoms. The summed E-state index contributed by atoms with van der Waals surface area (Å²) in [4.78, 5) is 15.3. The summed E-state index contributed by atoms with van der Waals surface area (Å²) in [5.41, 5.74) is 0.749. The van der Waals surface area contributed by atoms with Crippen LogP contribution < -0.4 is 0 Å². The quantitative estimate of drug-likeness (QED) is 0.777. The van der Waals surface area contributed by atoms with Gasteiger partial charge in [0.1, 0.15) is 5.92 Å². The van der Waals surface area contributed by atoms with Crippen molar-refractivity contribution >= 4 is 12.2 Å². The van der Waals surface area contributed by atoms with Crippen LogP contribution in [0.5, 0.6) is 0 Å². The largest absolute Gasteiger partial charge is 0.481 e. The molecule has 1 saturated heterocycles. The molecule has 1 aliphatic rings. The molecule has 2 rings (SSSR count). The van der Waals surface area contributed by atoms with Gasteiger partial charge in [-0.2, -0.15) is 0 Å². The van der Waals surface area contributed by atoms with E-state index in [9.17, 15) is 4.79 Å². The monoisotopic (exact) mass is 219 g/mol. The van der Waals surface area contributed by atoms with Crippen LogP contribution in [0.1, 0.15) is 11.5 Å². The smallest absolute Gasteiger partial charge is 0.316 e. The highest BCUT2D eigenvalue weighted by Gasteiger charge is 2.20. The number of carboxylic acids is 1. The lowest BCUT2D eigenvalue weighted by molar-refractivity contribution is -0.136. The van der Waals surface area contributed by atoms with Gasteiger partial charge in [-0.1, -0.05) is 30.3 Å². The van der Waals surface area contributed by atoms with Crippen LogP contribution in [0, 0.1) is 0 Å². The molecule has 1 fully saturated rings. The van der Waals surface area contributed by atoms with Gasteiger partial charge in [0.2, 0.25) is 0 Å². The highest BCUT2D eigenvalue weighted by Crippen LogP contribution is 2.15. The number of hydrogen-bond acceptors (Lipinski definition) is 3. The van der Waals surface area contributed by atoms with Crippen molar-refractivity contribution in [3.63, 3.8) is 0 Å². The number of aliphatic imine (C=N–C) groups is 1. The molecule has 1 unspecified atom stereocenters. The number of nitrogens with zero attached hydrogens (tertiary/aromatic N) is 1. The zero-order valence-corrected chi connectivity index (χ0v) is 8.74. The van der Waals surface area contributed by atoms with Crippen molar-refractivity contribution in [1.82, 2.24) is 0 Å². The highest BCUT2D eigenvalue weighted by atomic mass is 16.5. The summed E-state index contributed by atoms with van der Waals surface area (Å²) < 4.78 is 4.97. The second-order valence-electron chi connectivity index (χ2n) is 3.72. The fourth-order valence-corrected chi connectivity index (χ4v) is 1.47. The Labute approximate surface area is 93.6 Å². The normalized spacial score (nSPS) is 18.2. The van der Waals surface area contributed by atoms with Crippen LogP contribution in [-0.2, 0) is 9.53 Å². The third-order valence-electron chi connectivity index (χ3n) is 2.49. The predicted molar refractivity (Wildman–Crippen MR) is 59.9 cm³/mol. The Morgan fingerprint density at radius 1 is 1.44 bits per heavy atom. The molecular weight excluding hydrogens is 206 g/mol. The molecule has 1 aromatic rings. The van der Waals surface area contributed by atoms with E-state index in [1.807, 2.05) is 18.2 Å². The van der Waals surface area contributed by atoms with Gasteiger partial charge in [0.05, 0.1) is 19.3 Å². The highest BCUT2D eigenvalue weighted by molar-refractivity contribution is 5.95. The maximum atomic E-state index is 11.1. The summed E-state index contributed by atoms with van der Waals surface area (Å²) in [6, 6.07) is 9.23. The summed E-state index contributed by atoms with van der Waals surface area (Å²) in [7, 11) is 0. The van der Waals surface area contributed by atoms with E-state index < -0.39 is 11.9 Å². The molecule has 1 atom stereocenters. The molecule has 4 nitrogen and oxygen atoms in total. The minimum absolute atomic E-state index is 0.130. The molecular formula is C12H13NO3. The van der Waals surface area contributed by atoms with E-state index in [0.717, 1.165) is 5.56 Å². The Kier molecular flexibility index (Phi) is 3.31. The number of hydrogen-bond donors (Lipinski definition) is 1. The molecule has 84 valence electrons. The Hall–Kier alpha value is -1.68. The first-order chi connectivity index (χ1) is 7.77. The van der Waals surface area contributed by atoms with Crippen molar-refractivity contribution in [1.29, 1.82) is 0 Å². The van der Waals surface area contributed by atoms with Crippen molar-refractivity contribution in [3.05, 3.63) is 35.9 Å². The van der Waals surface area contributed by atoms with Crippen LogP contribution >= 0.6 is 0 Å². The lowest BCUT2D eigenvalue weighted by Gasteiger charge is -2.22. The SMILES string of the molecule is O=C(O)C(C=NC1COC1)c1ccccc1. The number of benzene rings is 1. The molecule has 16 heavy (non-hydrogen) atoms. The summed E-state index contributed by atoms with van der Waals surface area (Å²) in [6.07, 6.45) is 1.50. The number of aliphatic carboxylic acids is 1. The molecule has 0 radical (unpaired) electrons. The molecule has 1 aliphatic heterocycles. The molecule has 1 heterocycles. The first-order valence-corrected chi connectivity index (χ1v) is 5.16. The maximum Gasteiger partial charge on any atom is 0.316 e. The minimum atomic E-state index is -0.879. The Morgan fingerprint density at radius 2 is 2.12 bits per heavy atom. The van der Waals surface area contributed by atoms with Crippen molar-refractivity contribution in [2.24, 2.45) is 4.99 Å². The first-order valence-electron chi connectivity index (χ1n) is 5.16. The number of rotatable bonds is 4. The number of ether oxygens (including phenoxy) is 1. The fourth-order valence-electron chi connectivity index (χ4n) is 1.47. The molecule has 1 aromatic carbocycles. The third kappa shape index (κ3) is 2.46. The van der Waals surface area contributed by atoms with E-state index in [0.29, 0.717) is 13.2 Å². The number of carboxylic acid groups (broad SMARTS) is 1. The van der Waals surface area contributed by atoms with Crippen LogP contribution in [0.25, 0.3) is 0 Å². The van der Waals surface area contributed by atoms with E-state index >= 15 is 0 Å². The van der Waals surface area contributed by atoms with Crippen LogP contribution in [-0.4, -0.2) is 36.5 Å². The van der Waals surface area contributed by atoms with Gasteiger partial charge in [-0.15, -0.1) is 0 Å². The van der Waals surface area contributed by atoms with Gasteiger partial charge in [0.25, 0.3) is 0 Å². The summed E-state index contributed by atoms with van der Waals surface area (Å²) in [5, 5.41) is 9.11. The van der Waals surface area contributed by atoms with Crippen molar-refractivity contribution in [3.8, 4) is 0 Å². The van der Waals surface area contributed by atoms with Gasteiger partial charge < -0.3 is 9.84 Å². The summed E-state index contributed by atoms with van der Waals surface area (Å²) in [6.45, 7) is 1.19. The van der Waals surface area contributed by atoms with Crippen LogP contribution in [0.2, 0.25) is 0 Å². The van der Waals surface area contributed by atoms with E-state index in [4.69, 9.17) is 9.84 Å². The molecule has 0 aliphatic carbocycles. The van der Waals surface area contributed by atoms with Crippen LogP contribution in [0.15, 0.2) is 35.3 Å². The van der Waals surface area contributed by atoms with Gasteiger partial charge in [0.15, 0.2) is 0 Å². The molecule has 0 amide bonds. The minimum Gasteiger partial charge on any atom is -0.481 e. The van der Waals surface area contributed by atoms with Gasteiger partial charge in [-0.05, 0) is 5.56 Å². The van der Waals surface area contributed by atoms with Crippen LogP contribution in [0.4, 0.5) is 0 Å². The van der Waals surface area contributed by atoms with Crippen molar-refractivity contribution in [2.75, 3.05) is 13.2 Å². The molecule has 0 bridgehead atoms. The fraction of sp³-hybridized carbons (Fsp3) is 0.333. The zero-order chi connectivity index (χ0) is 11.4. The number of carbonyl (C=O) groups is 1. The van der Waals surface area contributed by atoms with E-state index in [-0.39, 0.29) is 6.04 Å². The lowest BCUT2D eigenvalue weighted by Crippen LogP contribution is -2.32. The summed E-state index contributed by atoms with van der Waals surface area (Å²) >= 11 is 0. The Balaban J connectivity index is 2.11. The van der Waals surface area contributed by atoms with Crippen molar-refractivity contribution < 1.29 is 14.6 Å². The Bertz CT molecular complexity index is 385. The molecule has 0 saturated carbocycles. The van der Waals surface area contributed by atoms with E-state index in [2.05, 4.69) is 4.99 Å². The van der Waals surface area contributed by atoms with Gasteiger partial charge >= 0.3 is 5.97 Å². The topological polar surface area (TPSA) is 58.9 Å². The lowest BCUT2D eigenvalue weighted by atomic mass is 10.0. The van der Waals surface area contributed by atoms with E-state index in [1.54, 1.807) is 12.1 Å².